The Labute approximate surface area is 199 Å². The fourth-order valence-corrected chi connectivity index (χ4v) is 4.80. The number of benzene rings is 2. The quantitative estimate of drug-likeness (QED) is 0.398. The van der Waals surface area contributed by atoms with Crippen molar-refractivity contribution < 1.29 is 19.1 Å². The Bertz CT molecular complexity index is 1190. The molecule has 0 spiro atoms. The zero-order valence-corrected chi connectivity index (χ0v) is 19.2. The van der Waals surface area contributed by atoms with Gasteiger partial charge in [-0.05, 0) is 55.3 Å². The van der Waals surface area contributed by atoms with Crippen LogP contribution in [0.2, 0.25) is 5.02 Å². The maximum absolute atomic E-state index is 12.9. The second-order valence-electron chi connectivity index (χ2n) is 7.82. The van der Waals surface area contributed by atoms with Gasteiger partial charge in [0.25, 0.3) is 5.91 Å². The van der Waals surface area contributed by atoms with Crippen molar-refractivity contribution in [2.75, 3.05) is 24.3 Å². The molecule has 1 saturated heterocycles. The Balaban J connectivity index is 1.35. The van der Waals surface area contributed by atoms with Gasteiger partial charge in [-0.2, -0.15) is 0 Å². The molecule has 0 unspecified atom stereocenters. The predicted molar refractivity (Wildman–Crippen MR) is 125 cm³/mol. The maximum Gasteiger partial charge on any atom is 0.262 e. The first kappa shape index (κ1) is 21.9. The Hall–Kier alpha value is -2.88. The fourth-order valence-electron chi connectivity index (χ4n) is 3.83. The number of ether oxygens (including phenoxy) is 2. The van der Waals surface area contributed by atoms with E-state index in [9.17, 15) is 9.59 Å². The van der Waals surface area contributed by atoms with E-state index in [1.165, 1.54) is 11.8 Å². The minimum atomic E-state index is -0.238. The van der Waals surface area contributed by atoms with Crippen molar-refractivity contribution >= 4 is 40.7 Å². The van der Waals surface area contributed by atoms with Crippen LogP contribution in [0.15, 0.2) is 47.6 Å². The lowest BCUT2D eigenvalue weighted by molar-refractivity contribution is -0.118. The van der Waals surface area contributed by atoms with Gasteiger partial charge in [0.1, 0.15) is 5.75 Å². The number of nitrogens with one attached hydrogen (secondary N) is 1. The lowest BCUT2D eigenvalue weighted by Crippen LogP contribution is -2.25. The van der Waals surface area contributed by atoms with E-state index in [-0.39, 0.29) is 30.2 Å². The standard InChI is InChI=1S/C23H21ClN4O4S/c24-16-6-3-14(4-7-16)22-26-27-23(28(22)11-17-2-1-9-31-17)33-13-19(29)15-5-8-20-18(10-15)25-21(30)12-32-20/h3-8,10,17H,1-2,9,11-13H2,(H,25,30)/t17-/m0/s1. The minimum absolute atomic E-state index is 0.0214. The van der Waals surface area contributed by atoms with E-state index in [1.54, 1.807) is 18.2 Å². The van der Waals surface area contributed by atoms with E-state index < -0.39 is 0 Å². The molecule has 3 heterocycles. The lowest BCUT2D eigenvalue weighted by atomic mass is 10.1. The van der Waals surface area contributed by atoms with Gasteiger partial charge < -0.3 is 14.8 Å². The number of carbonyl (C=O) groups is 2. The molecule has 1 fully saturated rings. The number of halogens is 1. The van der Waals surface area contributed by atoms with Gasteiger partial charge in [-0.25, -0.2) is 0 Å². The third-order valence-electron chi connectivity index (χ3n) is 5.50. The summed E-state index contributed by atoms with van der Waals surface area (Å²) in [7, 11) is 0. The Kier molecular flexibility index (Phi) is 6.34. The van der Waals surface area contributed by atoms with E-state index in [0.29, 0.717) is 39.5 Å². The third-order valence-corrected chi connectivity index (χ3v) is 6.71. The van der Waals surface area contributed by atoms with Crippen LogP contribution in [0, 0.1) is 0 Å². The number of hydrogen-bond acceptors (Lipinski definition) is 7. The molecule has 0 bridgehead atoms. The van der Waals surface area contributed by atoms with Crippen molar-refractivity contribution in [3.8, 4) is 17.1 Å². The monoisotopic (exact) mass is 484 g/mol. The molecule has 1 aromatic heterocycles. The molecule has 0 saturated carbocycles. The van der Waals surface area contributed by atoms with Crippen LogP contribution in [0.3, 0.4) is 0 Å². The normalized spacial score (nSPS) is 17.4. The second-order valence-corrected chi connectivity index (χ2v) is 9.20. The smallest absolute Gasteiger partial charge is 0.262 e. The molecule has 2 aromatic carbocycles. The maximum atomic E-state index is 12.9. The SMILES string of the molecule is O=C1COc2ccc(C(=O)CSc3nnc(-c4ccc(Cl)cc4)n3C[C@@H]3CCCO3)cc2N1. The van der Waals surface area contributed by atoms with Gasteiger partial charge >= 0.3 is 0 Å². The van der Waals surface area contributed by atoms with E-state index in [4.69, 9.17) is 21.1 Å². The number of hydrogen-bond donors (Lipinski definition) is 1. The number of amides is 1. The zero-order valence-electron chi connectivity index (χ0n) is 17.6. The number of aromatic nitrogens is 3. The van der Waals surface area contributed by atoms with Gasteiger partial charge in [-0.1, -0.05) is 23.4 Å². The highest BCUT2D eigenvalue weighted by Crippen LogP contribution is 2.31. The summed E-state index contributed by atoms with van der Waals surface area (Å²) in [4.78, 5) is 24.5. The predicted octanol–water partition coefficient (Wildman–Crippen LogP) is 4.08. The number of nitrogens with zero attached hydrogens (tertiary/aromatic N) is 3. The molecule has 1 atom stereocenters. The van der Waals surface area contributed by atoms with Gasteiger partial charge in [-0.15, -0.1) is 10.2 Å². The van der Waals surface area contributed by atoms with Gasteiger partial charge in [0.15, 0.2) is 23.4 Å². The van der Waals surface area contributed by atoms with Crippen molar-refractivity contribution in [1.29, 1.82) is 0 Å². The topological polar surface area (TPSA) is 95.3 Å². The van der Waals surface area contributed by atoms with Gasteiger partial charge in [0, 0.05) is 22.8 Å². The number of ketones is 1. The first-order valence-electron chi connectivity index (χ1n) is 10.6. The summed E-state index contributed by atoms with van der Waals surface area (Å²) in [6, 6.07) is 12.5. The van der Waals surface area contributed by atoms with Crippen LogP contribution < -0.4 is 10.1 Å². The number of Topliss-reactive ketones (excluding diaryl/α,β-unsaturated/α-hetero) is 1. The van der Waals surface area contributed by atoms with Gasteiger partial charge in [-0.3, -0.25) is 14.2 Å². The first-order valence-corrected chi connectivity index (χ1v) is 12.0. The molecule has 10 heteroatoms. The van der Waals surface area contributed by atoms with E-state index in [1.807, 2.05) is 28.8 Å². The second kappa shape index (κ2) is 9.54. The van der Waals surface area contributed by atoms with Crippen LogP contribution in [0.4, 0.5) is 5.69 Å². The minimum Gasteiger partial charge on any atom is -0.482 e. The summed E-state index contributed by atoms with van der Waals surface area (Å²) in [5, 5.41) is 12.8. The molecular formula is C23H21ClN4O4S. The molecule has 33 heavy (non-hydrogen) atoms. The fraction of sp³-hybridized carbons (Fsp3) is 0.304. The van der Waals surface area contributed by atoms with Crippen molar-refractivity contribution in [2.24, 2.45) is 0 Å². The molecule has 0 aliphatic carbocycles. The van der Waals surface area contributed by atoms with Crippen molar-refractivity contribution in [2.45, 2.75) is 30.6 Å². The van der Waals surface area contributed by atoms with Crippen LogP contribution in [0.1, 0.15) is 23.2 Å². The van der Waals surface area contributed by atoms with E-state index >= 15 is 0 Å². The molecule has 1 amide bonds. The number of anilines is 1. The van der Waals surface area contributed by atoms with E-state index in [2.05, 4.69) is 15.5 Å². The molecule has 0 radical (unpaired) electrons. The Morgan fingerprint density at radius 1 is 1.21 bits per heavy atom. The van der Waals surface area contributed by atoms with Crippen molar-refractivity contribution in [3.63, 3.8) is 0 Å². The molecule has 1 N–H and O–H groups in total. The number of thioether (sulfide) groups is 1. The highest BCUT2D eigenvalue weighted by Gasteiger charge is 2.23. The van der Waals surface area contributed by atoms with Crippen LogP contribution >= 0.6 is 23.4 Å². The summed E-state index contributed by atoms with van der Waals surface area (Å²) in [6.07, 6.45) is 2.10. The van der Waals surface area contributed by atoms with Crippen LogP contribution in [0.25, 0.3) is 11.4 Å². The largest absolute Gasteiger partial charge is 0.482 e. The Morgan fingerprint density at radius 3 is 2.85 bits per heavy atom. The molecular weight excluding hydrogens is 464 g/mol. The molecule has 2 aliphatic rings. The number of rotatable bonds is 7. The Morgan fingerprint density at radius 2 is 2.06 bits per heavy atom. The molecule has 2 aliphatic heterocycles. The summed E-state index contributed by atoms with van der Waals surface area (Å²) >= 11 is 7.37. The first-order chi connectivity index (χ1) is 16.1. The highest BCUT2D eigenvalue weighted by atomic mass is 35.5. The van der Waals surface area contributed by atoms with Crippen molar-refractivity contribution in [1.82, 2.24) is 14.8 Å². The molecule has 5 rings (SSSR count). The van der Waals surface area contributed by atoms with E-state index in [0.717, 1.165) is 25.0 Å². The van der Waals surface area contributed by atoms with Crippen molar-refractivity contribution in [3.05, 3.63) is 53.1 Å². The molecule has 3 aromatic rings. The average molecular weight is 485 g/mol. The summed E-state index contributed by atoms with van der Waals surface area (Å²) < 4.78 is 13.2. The summed E-state index contributed by atoms with van der Waals surface area (Å²) in [5.41, 5.74) is 1.90. The highest BCUT2D eigenvalue weighted by molar-refractivity contribution is 7.99. The number of fused-ring (bicyclic) bond motifs is 1. The van der Waals surface area contributed by atoms with Gasteiger partial charge in [0.05, 0.1) is 24.1 Å². The van der Waals surface area contributed by atoms with Gasteiger partial charge in [0.2, 0.25) is 0 Å². The van der Waals surface area contributed by atoms with Crippen LogP contribution in [0.5, 0.6) is 5.75 Å². The number of carbonyl (C=O) groups excluding carboxylic acids is 2. The summed E-state index contributed by atoms with van der Waals surface area (Å²) in [5.74, 6) is 1.13. The molecule has 170 valence electrons. The third kappa shape index (κ3) is 4.90. The summed E-state index contributed by atoms with van der Waals surface area (Å²) in [6.45, 7) is 1.35. The zero-order chi connectivity index (χ0) is 22.8. The lowest BCUT2D eigenvalue weighted by Gasteiger charge is -2.18. The van der Waals surface area contributed by atoms with Crippen LogP contribution in [-0.2, 0) is 16.1 Å². The van der Waals surface area contributed by atoms with Crippen LogP contribution in [-0.4, -0.2) is 51.5 Å². The molecule has 8 nitrogen and oxygen atoms in total. The average Bonchev–Trinajstić information content (AvgIpc) is 3.48.